The summed E-state index contributed by atoms with van der Waals surface area (Å²) in [6, 6.07) is 10.8. The lowest BCUT2D eigenvalue weighted by atomic mass is 10.1. The molecule has 2 aromatic rings. The van der Waals surface area contributed by atoms with E-state index in [-0.39, 0.29) is 30.0 Å². The number of hydrogen-bond acceptors (Lipinski definition) is 4. The maximum atomic E-state index is 4.60. The van der Waals surface area contributed by atoms with E-state index in [2.05, 4.69) is 56.0 Å². The Bertz CT molecular complexity index is 787. The predicted molar refractivity (Wildman–Crippen MR) is 121 cm³/mol. The van der Waals surface area contributed by atoms with Gasteiger partial charge in [0.2, 0.25) is 0 Å². The number of thioether (sulfide) groups is 1. The van der Waals surface area contributed by atoms with Gasteiger partial charge in [-0.3, -0.25) is 4.99 Å². The predicted octanol–water partition coefficient (Wildman–Crippen LogP) is 3.53. The van der Waals surface area contributed by atoms with E-state index >= 15 is 0 Å². The summed E-state index contributed by atoms with van der Waals surface area (Å²) in [6.45, 7) is 3.83. The van der Waals surface area contributed by atoms with Crippen molar-refractivity contribution in [2.75, 3.05) is 13.6 Å². The molecule has 1 saturated carbocycles. The van der Waals surface area contributed by atoms with Crippen LogP contribution in [0.2, 0.25) is 0 Å². The second-order valence-corrected chi connectivity index (χ2v) is 8.64. The van der Waals surface area contributed by atoms with Gasteiger partial charge in [-0.05, 0) is 44.7 Å². The summed E-state index contributed by atoms with van der Waals surface area (Å²) >= 11 is 1.98. The number of aryl methyl sites for hydroxylation is 2. The zero-order valence-corrected chi connectivity index (χ0v) is 19.0. The highest BCUT2D eigenvalue weighted by Gasteiger charge is 2.43. The molecule has 6 nitrogen and oxygen atoms in total. The first kappa shape index (κ1) is 20.4. The minimum Gasteiger partial charge on any atom is -0.355 e. The molecule has 2 N–H and O–H groups in total. The molecule has 0 saturated heterocycles. The average Bonchev–Trinajstić information content (AvgIpc) is 3.30. The van der Waals surface area contributed by atoms with Crippen LogP contribution in [0.4, 0.5) is 0 Å². The first-order valence-electron chi connectivity index (χ1n) is 9.30. The highest BCUT2D eigenvalue weighted by molar-refractivity contribution is 14.0. The fraction of sp³-hybridized carbons (Fsp3) is 0.526. The molecule has 1 unspecified atom stereocenters. The van der Waals surface area contributed by atoms with E-state index in [9.17, 15) is 0 Å². The van der Waals surface area contributed by atoms with Crippen molar-refractivity contribution < 1.29 is 0 Å². The number of nitrogens with one attached hydrogen (secondary N) is 2. The summed E-state index contributed by atoms with van der Waals surface area (Å²) in [6.07, 6.45) is 4.65. The zero-order chi connectivity index (χ0) is 18.0. The molecule has 2 aliphatic rings. The number of rotatable bonds is 5. The highest BCUT2D eigenvalue weighted by Crippen LogP contribution is 2.51. The van der Waals surface area contributed by atoms with Gasteiger partial charge in [-0.2, -0.15) is 5.10 Å². The van der Waals surface area contributed by atoms with E-state index in [1.165, 1.54) is 17.7 Å². The lowest BCUT2D eigenvalue weighted by Gasteiger charge is -2.26. The number of halogens is 1. The number of aliphatic imine (C=N–C) groups is 1. The van der Waals surface area contributed by atoms with Crippen LogP contribution in [0.25, 0.3) is 0 Å². The molecule has 1 aliphatic carbocycles. The van der Waals surface area contributed by atoms with Crippen molar-refractivity contribution in [3.63, 3.8) is 0 Å². The molecule has 1 aromatic heterocycles. The average molecular weight is 498 g/mol. The summed E-state index contributed by atoms with van der Waals surface area (Å²) in [5.41, 5.74) is 0. The normalized spacial score (nSPS) is 20.4. The van der Waals surface area contributed by atoms with Crippen LogP contribution >= 0.6 is 35.7 Å². The van der Waals surface area contributed by atoms with Gasteiger partial charge in [-0.25, -0.2) is 9.67 Å². The van der Waals surface area contributed by atoms with E-state index in [1.54, 1.807) is 0 Å². The molecule has 4 rings (SSSR count). The van der Waals surface area contributed by atoms with Gasteiger partial charge in [0, 0.05) is 29.8 Å². The van der Waals surface area contributed by atoms with Crippen LogP contribution in [-0.2, 0) is 6.54 Å². The Balaban J connectivity index is 0.00000210. The molecule has 0 bridgehead atoms. The summed E-state index contributed by atoms with van der Waals surface area (Å²) in [7, 11) is 1.83. The van der Waals surface area contributed by atoms with Crippen molar-refractivity contribution in [1.82, 2.24) is 25.4 Å². The van der Waals surface area contributed by atoms with Gasteiger partial charge in [0.05, 0.1) is 6.04 Å². The quantitative estimate of drug-likeness (QED) is 0.375. The van der Waals surface area contributed by atoms with Crippen molar-refractivity contribution in [3.8, 4) is 0 Å². The van der Waals surface area contributed by atoms with E-state index in [1.807, 2.05) is 30.4 Å². The molecule has 1 atom stereocenters. The molecule has 0 amide bonds. The first-order valence-corrected chi connectivity index (χ1v) is 10.1. The maximum Gasteiger partial charge on any atom is 0.191 e. The lowest BCUT2D eigenvalue weighted by molar-refractivity contribution is 0.397. The van der Waals surface area contributed by atoms with Crippen molar-refractivity contribution in [2.24, 2.45) is 4.99 Å². The van der Waals surface area contributed by atoms with Gasteiger partial charge in [-0.15, -0.1) is 35.7 Å². The third kappa shape index (κ3) is 4.96. The van der Waals surface area contributed by atoms with Crippen LogP contribution in [-0.4, -0.2) is 39.1 Å². The molecule has 8 heteroatoms. The maximum absolute atomic E-state index is 4.60. The highest BCUT2D eigenvalue weighted by atomic mass is 127. The Labute approximate surface area is 182 Å². The van der Waals surface area contributed by atoms with Crippen LogP contribution < -0.4 is 10.6 Å². The minimum atomic E-state index is 0. The van der Waals surface area contributed by atoms with E-state index < -0.39 is 0 Å². The fourth-order valence-electron chi connectivity index (χ4n) is 3.40. The van der Waals surface area contributed by atoms with Crippen molar-refractivity contribution >= 4 is 41.7 Å². The van der Waals surface area contributed by atoms with E-state index in [0.717, 1.165) is 43.5 Å². The van der Waals surface area contributed by atoms with Crippen LogP contribution in [0.1, 0.15) is 43.4 Å². The molecule has 1 aliphatic heterocycles. The molecule has 1 fully saturated rings. The van der Waals surface area contributed by atoms with Gasteiger partial charge in [0.15, 0.2) is 5.96 Å². The molecule has 1 aromatic carbocycles. The Hall–Kier alpha value is -1.29. The molecular weight excluding hydrogens is 471 g/mol. The number of fused-ring (bicyclic) bond motifs is 1. The summed E-state index contributed by atoms with van der Waals surface area (Å²) in [4.78, 5) is 10.4. The Kier molecular flexibility index (Phi) is 6.67. The lowest BCUT2D eigenvalue weighted by Crippen LogP contribution is -2.44. The van der Waals surface area contributed by atoms with Gasteiger partial charge < -0.3 is 10.6 Å². The molecular formula is C19H27IN6S. The number of aromatic nitrogens is 3. The van der Waals surface area contributed by atoms with Gasteiger partial charge >= 0.3 is 0 Å². The van der Waals surface area contributed by atoms with Crippen molar-refractivity contribution in [1.29, 1.82) is 0 Å². The van der Waals surface area contributed by atoms with Crippen molar-refractivity contribution in [3.05, 3.63) is 42.0 Å². The number of benzene rings is 1. The first-order chi connectivity index (χ1) is 12.7. The van der Waals surface area contributed by atoms with Crippen molar-refractivity contribution in [2.45, 2.75) is 54.8 Å². The van der Waals surface area contributed by atoms with Crippen LogP contribution in [0.3, 0.4) is 0 Å². The van der Waals surface area contributed by atoms with Gasteiger partial charge in [0.25, 0.3) is 0 Å². The largest absolute Gasteiger partial charge is 0.355 e. The second kappa shape index (κ2) is 8.81. The van der Waals surface area contributed by atoms with Gasteiger partial charge in [-0.1, -0.05) is 18.2 Å². The third-order valence-electron chi connectivity index (χ3n) is 4.98. The Morgan fingerprint density at radius 1 is 1.33 bits per heavy atom. The van der Waals surface area contributed by atoms with Crippen LogP contribution in [0.15, 0.2) is 40.2 Å². The Morgan fingerprint density at radius 3 is 2.81 bits per heavy atom. The van der Waals surface area contributed by atoms with Gasteiger partial charge in [0.1, 0.15) is 11.6 Å². The fourth-order valence-corrected chi connectivity index (χ4v) is 4.65. The Morgan fingerprint density at radius 2 is 2.11 bits per heavy atom. The molecule has 27 heavy (non-hydrogen) atoms. The number of hydrogen-bond donors (Lipinski definition) is 2. The molecule has 0 spiro atoms. The van der Waals surface area contributed by atoms with Crippen LogP contribution in [0.5, 0.6) is 0 Å². The summed E-state index contributed by atoms with van der Waals surface area (Å²) < 4.78 is 2.32. The molecule has 146 valence electrons. The standard InChI is InChI=1S/C19H26N6S.HI/c1-14-22-17-16(9-6-12-25(17)24-14)23-18(20-2)21-13-19(10-11-19)26-15-7-4-3-5-8-15;/h3-5,7-8,16H,6,9-13H2,1-2H3,(H2,20,21,23);1H. The third-order valence-corrected chi connectivity index (χ3v) is 6.47. The summed E-state index contributed by atoms with van der Waals surface area (Å²) in [5.74, 6) is 2.72. The SMILES string of the molecule is CN=C(NCC1(Sc2ccccc2)CC1)NC1CCCn2nc(C)nc21.I. The summed E-state index contributed by atoms with van der Waals surface area (Å²) in [5, 5.41) is 11.6. The minimum absolute atomic E-state index is 0. The second-order valence-electron chi connectivity index (χ2n) is 7.10. The topological polar surface area (TPSA) is 67.1 Å². The van der Waals surface area contributed by atoms with E-state index in [0.29, 0.717) is 4.75 Å². The van der Waals surface area contributed by atoms with E-state index in [4.69, 9.17) is 0 Å². The zero-order valence-electron chi connectivity index (χ0n) is 15.8. The number of nitrogens with zero attached hydrogens (tertiary/aromatic N) is 4. The van der Waals surface area contributed by atoms with Crippen LogP contribution in [0, 0.1) is 6.92 Å². The monoisotopic (exact) mass is 498 g/mol. The molecule has 2 heterocycles. The smallest absolute Gasteiger partial charge is 0.191 e. The number of guanidine groups is 1. The molecule has 0 radical (unpaired) electrons.